The number of fused-ring (bicyclic) bond motifs is 1. The van der Waals surface area contributed by atoms with Crippen LogP contribution in [-0.2, 0) is 4.74 Å². The maximum atomic E-state index is 12.7. The summed E-state index contributed by atoms with van der Waals surface area (Å²) < 4.78 is 5.75. The first-order chi connectivity index (χ1) is 12.8. The number of hydrogen-bond donors (Lipinski definition) is 1. The second kappa shape index (κ2) is 6.33. The number of carbonyl (C=O) groups is 1. The first-order valence-corrected chi connectivity index (χ1v) is 10.1. The second-order valence-electron chi connectivity index (χ2n) is 8.89. The van der Waals surface area contributed by atoms with Gasteiger partial charge < -0.3 is 9.84 Å². The molecule has 1 aliphatic heterocycles. The van der Waals surface area contributed by atoms with E-state index in [2.05, 4.69) is 13.8 Å². The van der Waals surface area contributed by atoms with Gasteiger partial charge in [0.1, 0.15) is 11.6 Å². The highest BCUT2D eigenvalue weighted by Crippen LogP contribution is 2.66. The van der Waals surface area contributed by atoms with Crippen molar-refractivity contribution in [1.82, 2.24) is 5.01 Å². The molecule has 2 saturated carbocycles. The molecule has 3 fully saturated rings. The maximum absolute atomic E-state index is 12.7. The number of ether oxygens (including phenoxy) is 1. The molecule has 5 nitrogen and oxygen atoms in total. The molecule has 2 aliphatic carbocycles. The Morgan fingerprint density at radius 1 is 1.37 bits per heavy atom. The Hall–Kier alpha value is -1.88. The summed E-state index contributed by atoms with van der Waals surface area (Å²) in [4.78, 5) is 12.7. The quantitative estimate of drug-likeness (QED) is 0.775. The van der Waals surface area contributed by atoms with Gasteiger partial charge in [0.05, 0.1) is 6.10 Å². The van der Waals surface area contributed by atoms with E-state index in [9.17, 15) is 9.90 Å². The Morgan fingerprint density at radius 3 is 2.70 bits per heavy atom. The fourth-order valence-electron chi connectivity index (χ4n) is 5.73. The lowest BCUT2D eigenvalue weighted by molar-refractivity contribution is 0.0559. The SMILES string of the molecule is CC/C(=N\N1C(=O)OC2CC3CCC21C3(C)C)[C@@H](C)[C@@H](O)c1ccccc1. The van der Waals surface area contributed by atoms with E-state index in [4.69, 9.17) is 9.84 Å². The van der Waals surface area contributed by atoms with Crippen LogP contribution in [0.2, 0.25) is 0 Å². The van der Waals surface area contributed by atoms with Gasteiger partial charge in [-0.2, -0.15) is 10.1 Å². The maximum Gasteiger partial charge on any atom is 0.431 e. The average molecular weight is 370 g/mol. The first-order valence-electron chi connectivity index (χ1n) is 10.1. The van der Waals surface area contributed by atoms with Gasteiger partial charge >= 0.3 is 6.09 Å². The van der Waals surface area contributed by atoms with Crippen LogP contribution in [0.1, 0.15) is 65.0 Å². The Labute approximate surface area is 161 Å². The molecule has 1 saturated heterocycles. The standard InChI is InChI=1S/C22H30N2O3/c1-5-17(14(2)19(25)15-9-7-6-8-10-15)23-24-20(26)27-18-13-16-11-12-22(18,24)21(16,3)4/h6-10,14,16,18-19,25H,5,11-13H2,1-4H3/b23-17+/t14-,16?,18?,19-,22?/m1/s1. The van der Waals surface area contributed by atoms with Crippen molar-refractivity contribution in [2.75, 3.05) is 0 Å². The fraction of sp³-hybridized carbons (Fsp3) is 0.636. The topological polar surface area (TPSA) is 62.1 Å². The Kier molecular flexibility index (Phi) is 4.34. The average Bonchev–Trinajstić information content (AvgIpc) is 3.18. The van der Waals surface area contributed by atoms with Crippen molar-refractivity contribution < 1.29 is 14.6 Å². The molecule has 1 heterocycles. The highest BCUT2D eigenvalue weighted by atomic mass is 16.6. The normalized spacial score (nSPS) is 33.7. The smallest absolute Gasteiger partial charge is 0.431 e. The number of aliphatic hydroxyl groups excluding tert-OH is 1. The van der Waals surface area contributed by atoms with Gasteiger partial charge in [-0.15, -0.1) is 0 Å². The summed E-state index contributed by atoms with van der Waals surface area (Å²) >= 11 is 0. The van der Waals surface area contributed by atoms with Crippen LogP contribution in [0.3, 0.4) is 0 Å². The van der Waals surface area contributed by atoms with E-state index < -0.39 is 6.10 Å². The van der Waals surface area contributed by atoms with Gasteiger partial charge in [0.25, 0.3) is 0 Å². The van der Waals surface area contributed by atoms with Gasteiger partial charge in [-0.25, -0.2) is 4.79 Å². The summed E-state index contributed by atoms with van der Waals surface area (Å²) in [5, 5.41) is 17.3. The van der Waals surface area contributed by atoms with Crippen LogP contribution in [0.4, 0.5) is 4.79 Å². The van der Waals surface area contributed by atoms with Gasteiger partial charge in [0.2, 0.25) is 0 Å². The zero-order chi connectivity index (χ0) is 19.4. The van der Waals surface area contributed by atoms with E-state index in [1.807, 2.05) is 44.2 Å². The van der Waals surface area contributed by atoms with Crippen molar-refractivity contribution in [2.24, 2.45) is 22.4 Å². The molecule has 1 spiro atoms. The van der Waals surface area contributed by atoms with Gasteiger partial charge in [-0.1, -0.05) is 58.0 Å². The summed E-state index contributed by atoms with van der Waals surface area (Å²) in [5.41, 5.74) is 1.36. The fourth-order valence-corrected chi connectivity index (χ4v) is 5.73. The lowest BCUT2D eigenvalue weighted by Crippen LogP contribution is -2.53. The van der Waals surface area contributed by atoms with Gasteiger partial charge in [-0.3, -0.25) is 0 Å². The monoisotopic (exact) mass is 370 g/mol. The number of hydrazone groups is 1. The largest absolute Gasteiger partial charge is 0.442 e. The van der Waals surface area contributed by atoms with Crippen molar-refractivity contribution in [1.29, 1.82) is 0 Å². The number of rotatable bonds is 5. The molecule has 3 unspecified atom stereocenters. The minimum absolute atomic E-state index is 0.00649. The van der Waals surface area contributed by atoms with Crippen LogP contribution in [0, 0.1) is 17.3 Å². The molecule has 3 aliphatic rings. The van der Waals surface area contributed by atoms with Gasteiger partial charge in [0, 0.05) is 11.6 Å². The molecule has 1 aromatic rings. The van der Waals surface area contributed by atoms with Crippen LogP contribution >= 0.6 is 0 Å². The van der Waals surface area contributed by atoms with E-state index in [0.29, 0.717) is 12.3 Å². The summed E-state index contributed by atoms with van der Waals surface area (Å²) in [6, 6.07) is 9.64. The zero-order valence-electron chi connectivity index (χ0n) is 16.7. The third-order valence-corrected chi connectivity index (χ3v) is 7.57. The predicted molar refractivity (Wildman–Crippen MR) is 104 cm³/mol. The second-order valence-corrected chi connectivity index (χ2v) is 8.89. The Bertz CT molecular complexity index is 760. The van der Waals surface area contributed by atoms with Crippen molar-refractivity contribution in [3.63, 3.8) is 0 Å². The molecule has 27 heavy (non-hydrogen) atoms. The third kappa shape index (κ3) is 2.47. The Balaban J connectivity index is 1.67. The summed E-state index contributed by atoms with van der Waals surface area (Å²) in [5.74, 6) is 0.396. The van der Waals surface area contributed by atoms with E-state index in [1.54, 1.807) is 5.01 Å². The van der Waals surface area contributed by atoms with Crippen LogP contribution in [0.25, 0.3) is 0 Å². The van der Waals surface area contributed by atoms with Crippen molar-refractivity contribution in [3.8, 4) is 0 Å². The Morgan fingerprint density at radius 2 is 2.07 bits per heavy atom. The van der Waals surface area contributed by atoms with E-state index in [1.165, 1.54) is 0 Å². The zero-order valence-corrected chi connectivity index (χ0v) is 16.7. The lowest BCUT2D eigenvalue weighted by Gasteiger charge is -2.40. The molecule has 146 valence electrons. The minimum Gasteiger partial charge on any atom is -0.442 e. The highest BCUT2D eigenvalue weighted by molar-refractivity contribution is 5.88. The number of amides is 1. The predicted octanol–water partition coefficient (Wildman–Crippen LogP) is 4.52. The van der Waals surface area contributed by atoms with Gasteiger partial charge in [-0.05, 0) is 42.6 Å². The third-order valence-electron chi connectivity index (χ3n) is 7.57. The molecule has 1 aromatic carbocycles. The molecule has 0 aromatic heterocycles. The molecular weight excluding hydrogens is 340 g/mol. The van der Waals surface area contributed by atoms with E-state index >= 15 is 0 Å². The molecule has 5 heteroatoms. The van der Waals surface area contributed by atoms with Crippen LogP contribution in [0.5, 0.6) is 0 Å². The summed E-state index contributed by atoms with van der Waals surface area (Å²) in [6.45, 7) is 8.51. The summed E-state index contributed by atoms with van der Waals surface area (Å²) in [7, 11) is 0. The van der Waals surface area contributed by atoms with E-state index in [-0.39, 0.29) is 29.1 Å². The number of hydrogen-bond acceptors (Lipinski definition) is 4. The molecule has 1 amide bonds. The molecule has 2 bridgehead atoms. The van der Waals surface area contributed by atoms with Crippen molar-refractivity contribution >= 4 is 11.8 Å². The van der Waals surface area contributed by atoms with Gasteiger partial charge in [0.15, 0.2) is 0 Å². The minimum atomic E-state index is -0.648. The number of carbonyl (C=O) groups excluding carboxylic acids is 1. The molecule has 0 radical (unpaired) electrons. The molecular formula is C22H30N2O3. The van der Waals surface area contributed by atoms with E-state index in [0.717, 1.165) is 30.5 Å². The van der Waals surface area contributed by atoms with Crippen LogP contribution < -0.4 is 0 Å². The van der Waals surface area contributed by atoms with Crippen molar-refractivity contribution in [2.45, 2.75) is 71.1 Å². The van der Waals surface area contributed by atoms with Crippen LogP contribution in [-0.4, -0.2) is 33.6 Å². The summed E-state index contributed by atoms with van der Waals surface area (Å²) in [6.07, 6.45) is 2.64. The molecule has 4 rings (SSSR count). The highest BCUT2D eigenvalue weighted by Gasteiger charge is 2.73. The molecule has 1 N–H and O–H groups in total. The lowest BCUT2D eigenvalue weighted by atomic mass is 9.75. The molecule has 5 atom stereocenters. The number of aliphatic hydroxyl groups is 1. The number of benzene rings is 1. The number of nitrogens with zero attached hydrogens (tertiary/aromatic N) is 2. The first kappa shape index (κ1) is 18.5. The van der Waals surface area contributed by atoms with Crippen molar-refractivity contribution in [3.05, 3.63) is 35.9 Å². The van der Waals surface area contributed by atoms with Crippen LogP contribution in [0.15, 0.2) is 35.4 Å².